The number of nitrogens with zero attached hydrogens (tertiary/aromatic N) is 4. The molecule has 6 rings (SSSR count). The normalized spacial score (nSPS) is 18.9. The summed E-state index contributed by atoms with van der Waals surface area (Å²) < 4.78 is 79.5. The molecule has 0 saturated heterocycles. The number of rotatable bonds is 7. The van der Waals surface area contributed by atoms with Crippen LogP contribution in [0, 0.1) is 23.5 Å². The molecule has 0 spiro atoms. The molecule has 0 amide bonds. The fourth-order valence-electron chi connectivity index (χ4n) is 5.71. The molecule has 0 bridgehead atoms. The molecule has 0 unspecified atom stereocenters. The van der Waals surface area contributed by atoms with Gasteiger partial charge in [0.15, 0.2) is 0 Å². The van der Waals surface area contributed by atoms with E-state index in [1.807, 2.05) is 0 Å². The summed E-state index contributed by atoms with van der Waals surface area (Å²) in [6, 6.07) is 18.5. The Labute approximate surface area is 277 Å². The van der Waals surface area contributed by atoms with Crippen molar-refractivity contribution in [3.8, 4) is 0 Å². The highest BCUT2D eigenvalue weighted by Gasteiger charge is 2.45. The van der Waals surface area contributed by atoms with E-state index in [0.717, 1.165) is 12.3 Å². The number of benzene rings is 2. The summed E-state index contributed by atoms with van der Waals surface area (Å²) in [6.45, 7) is 0.530. The van der Waals surface area contributed by atoms with E-state index in [9.17, 15) is 31.1 Å². The number of hydrogen-bond donors (Lipinski definition) is 3. The molecule has 2 aromatic carbocycles. The summed E-state index contributed by atoms with van der Waals surface area (Å²) in [4.78, 5) is 23.6. The Hall–Kier alpha value is -5.34. The molecule has 4 atom stereocenters. The second-order valence-electron chi connectivity index (χ2n) is 11.4. The van der Waals surface area contributed by atoms with Crippen molar-refractivity contribution in [3.63, 3.8) is 0 Å². The fourth-order valence-corrected chi connectivity index (χ4v) is 5.71. The molecule has 5 N–H and O–H groups in total. The van der Waals surface area contributed by atoms with Crippen molar-refractivity contribution in [2.45, 2.75) is 43.6 Å². The molecule has 49 heavy (non-hydrogen) atoms. The van der Waals surface area contributed by atoms with Crippen molar-refractivity contribution in [2.75, 3.05) is 0 Å². The zero-order valence-electron chi connectivity index (χ0n) is 26.2. The summed E-state index contributed by atoms with van der Waals surface area (Å²) in [6.07, 6.45) is 3.72. The van der Waals surface area contributed by atoms with Gasteiger partial charge in [0.25, 0.3) is 5.56 Å². The Morgan fingerprint density at radius 2 is 1.35 bits per heavy atom. The van der Waals surface area contributed by atoms with Crippen LogP contribution in [0.4, 0.5) is 26.3 Å². The van der Waals surface area contributed by atoms with Crippen molar-refractivity contribution in [1.82, 2.24) is 19.9 Å². The number of hydrogen-bond acceptors (Lipinski definition) is 7. The highest BCUT2D eigenvalue weighted by Crippen LogP contribution is 2.38. The van der Waals surface area contributed by atoms with E-state index in [4.69, 9.17) is 11.5 Å². The standard InChI is InChI=1S/C21H16F4N4O.C14H15F2N3/c1-12-21(14-3-6-16(22)7-4-14,15-5-8-17(23)26-10-15)28-19(27-12)13-2-9-18(30)29(11-13)20(24)25;1-9(17)14(18,10-2-5-12(15)6-3-10)11-4-7-13(16)19-8-11/h2-12,20H,1H3,(H,27,28);2-9H,17-18H2,1H3/t12-,21-;9-,14-/m00/s1. The van der Waals surface area contributed by atoms with Crippen LogP contribution in [-0.2, 0) is 11.1 Å². The first-order valence-corrected chi connectivity index (χ1v) is 14.9. The third-order valence-corrected chi connectivity index (χ3v) is 8.41. The summed E-state index contributed by atoms with van der Waals surface area (Å²) in [5.41, 5.74) is 12.1. The molecule has 5 aromatic rings. The van der Waals surface area contributed by atoms with Crippen molar-refractivity contribution in [3.05, 3.63) is 165 Å². The Bertz CT molecular complexity index is 1890. The van der Waals surface area contributed by atoms with Gasteiger partial charge < -0.3 is 16.8 Å². The molecule has 254 valence electrons. The van der Waals surface area contributed by atoms with Gasteiger partial charge in [0.2, 0.25) is 11.9 Å². The van der Waals surface area contributed by atoms with Crippen LogP contribution in [0.25, 0.3) is 0 Å². The minimum atomic E-state index is -3.00. The second kappa shape index (κ2) is 14.0. The topological polar surface area (TPSA) is 124 Å². The minimum Gasteiger partial charge on any atom is -0.354 e. The molecule has 0 aliphatic carbocycles. The van der Waals surface area contributed by atoms with E-state index in [2.05, 4.69) is 20.3 Å². The maximum atomic E-state index is 13.5. The van der Waals surface area contributed by atoms with E-state index in [1.165, 1.54) is 67.0 Å². The van der Waals surface area contributed by atoms with Gasteiger partial charge in [0, 0.05) is 41.8 Å². The smallest absolute Gasteiger partial charge is 0.321 e. The molecule has 4 heterocycles. The average Bonchev–Trinajstić information content (AvgIpc) is 3.43. The van der Waals surface area contributed by atoms with Crippen molar-refractivity contribution < 1.29 is 26.3 Å². The van der Waals surface area contributed by atoms with Crippen molar-refractivity contribution in [2.24, 2.45) is 16.5 Å². The first kappa shape index (κ1) is 35.0. The summed E-state index contributed by atoms with van der Waals surface area (Å²) in [7, 11) is 0. The lowest BCUT2D eigenvalue weighted by Gasteiger charge is -2.34. The quantitative estimate of drug-likeness (QED) is 0.154. The van der Waals surface area contributed by atoms with Gasteiger partial charge >= 0.3 is 6.55 Å². The van der Waals surface area contributed by atoms with Gasteiger partial charge in [-0.25, -0.2) is 18.7 Å². The van der Waals surface area contributed by atoms with Crippen LogP contribution >= 0.6 is 0 Å². The SMILES string of the molecule is C[C@@H]1N=C(c2ccc(=O)n(C(F)F)c2)N[C@@]1(c1ccc(F)cc1)c1ccc(F)nc1.C[C@H](N)[C@](N)(c1ccc(F)cc1)c1ccc(F)nc1. The predicted octanol–water partition coefficient (Wildman–Crippen LogP) is 5.51. The Morgan fingerprint density at radius 1 is 0.796 bits per heavy atom. The number of halogens is 6. The van der Waals surface area contributed by atoms with Gasteiger partial charge in [-0.15, -0.1) is 0 Å². The second-order valence-corrected chi connectivity index (χ2v) is 11.4. The van der Waals surface area contributed by atoms with E-state index < -0.39 is 53.0 Å². The van der Waals surface area contributed by atoms with Crippen LogP contribution in [0.15, 0.2) is 113 Å². The summed E-state index contributed by atoms with van der Waals surface area (Å²) in [5, 5.41) is 3.23. The number of nitrogens with one attached hydrogen (secondary N) is 1. The number of aliphatic imine (C=N–C) groups is 1. The van der Waals surface area contributed by atoms with Gasteiger partial charge in [-0.1, -0.05) is 36.4 Å². The van der Waals surface area contributed by atoms with Crippen molar-refractivity contribution >= 4 is 5.84 Å². The third kappa shape index (κ3) is 6.96. The zero-order chi connectivity index (χ0) is 35.5. The number of nitrogens with two attached hydrogens (primary N) is 2. The number of alkyl halides is 2. The molecule has 1 aliphatic heterocycles. The molecule has 0 radical (unpaired) electrons. The van der Waals surface area contributed by atoms with Crippen molar-refractivity contribution in [1.29, 1.82) is 0 Å². The Balaban J connectivity index is 0.000000212. The Morgan fingerprint density at radius 3 is 1.88 bits per heavy atom. The van der Waals surface area contributed by atoms with Crippen LogP contribution in [-0.4, -0.2) is 32.5 Å². The van der Waals surface area contributed by atoms with Gasteiger partial charge in [-0.2, -0.15) is 17.6 Å². The largest absolute Gasteiger partial charge is 0.354 e. The number of amidine groups is 1. The monoisotopic (exact) mass is 679 g/mol. The first-order chi connectivity index (χ1) is 23.2. The van der Waals surface area contributed by atoms with Crippen LogP contribution in [0.1, 0.15) is 48.2 Å². The molecule has 14 heteroatoms. The summed E-state index contributed by atoms with van der Waals surface area (Å²) in [5.74, 6) is -1.76. The fraction of sp³-hybridized carbons (Fsp3) is 0.200. The minimum absolute atomic E-state index is 0.269. The van der Waals surface area contributed by atoms with Gasteiger partial charge in [0.1, 0.15) is 23.0 Å². The third-order valence-electron chi connectivity index (χ3n) is 8.41. The molecular weight excluding hydrogens is 648 g/mol. The van der Waals surface area contributed by atoms with E-state index in [0.29, 0.717) is 26.8 Å². The van der Waals surface area contributed by atoms with Gasteiger partial charge in [-0.3, -0.25) is 14.4 Å². The molecular formula is C35H31F6N7O. The molecule has 0 saturated carbocycles. The lowest BCUT2D eigenvalue weighted by molar-refractivity contribution is 0.0663. The van der Waals surface area contributed by atoms with Crippen LogP contribution in [0.2, 0.25) is 0 Å². The molecule has 1 aliphatic rings. The van der Waals surface area contributed by atoms with E-state index in [1.54, 1.807) is 38.1 Å². The highest BCUT2D eigenvalue weighted by molar-refractivity contribution is 6.01. The van der Waals surface area contributed by atoms with Crippen LogP contribution in [0.5, 0.6) is 0 Å². The average molecular weight is 680 g/mol. The predicted molar refractivity (Wildman–Crippen MR) is 172 cm³/mol. The lowest BCUT2D eigenvalue weighted by atomic mass is 9.79. The lowest BCUT2D eigenvalue weighted by Crippen LogP contribution is -2.51. The maximum Gasteiger partial charge on any atom is 0.321 e. The molecule has 3 aromatic heterocycles. The molecule has 0 fully saturated rings. The number of aromatic nitrogens is 3. The van der Waals surface area contributed by atoms with E-state index in [-0.39, 0.29) is 17.2 Å². The first-order valence-electron chi connectivity index (χ1n) is 14.9. The van der Waals surface area contributed by atoms with E-state index >= 15 is 0 Å². The summed E-state index contributed by atoms with van der Waals surface area (Å²) >= 11 is 0. The van der Waals surface area contributed by atoms with Gasteiger partial charge in [0.05, 0.1) is 11.6 Å². The highest BCUT2D eigenvalue weighted by atomic mass is 19.3. The zero-order valence-corrected chi connectivity index (χ0v) is 26.2. The Kier molecular flexibility index (Phi) is 10.0. The van der Waals surface area contributed by atoms with Gasteiger partial charge in [-0.05, 0) is 73.0 Å². The number of pyridine rings is 3. The molecule has 8 nitrogen and oxygen atoms in total. The van der Waals surface area contributed by atoms with Crippen LogP contribution < -0.4 is 22.3 Å². The maximum absolute atomic E-state index is 13.5. The van der Waals surface area contributed by atoms with Crippen LogP contribution in [0.3, 0.4) is 0 Å².